The summed E-state index contributed by atoms with van der Waals surface area (Å²) in [6.45, 7) is 2.02. The Morgan fingerprint density at radius 2 is 1.93 bits per heavy atom. The van der Waals surface area contributed by atoms with Gasteiger partial charge in [-0.3, -0.25) is 19.7 Å². The Balaban J connectivity index is 2.08. The van der Waals surface area contributed by atoms with Crippen LogP contribution in [0, 0.1) is 10.1 Å². The van der Waals surface area contributed by atoms with Crippen LogP contribution in [0.4, 0.5) is 11.4 Å². The van der Waals surface area contributed by atoms with Gasteiger partial charge in [-0.1, -0.05) is 6.92 Å². The first-order chi connectivity index (χ1) is 13.5. The second kappa shape index (κ2) is 9.91. The van der Waals surface area contributed by atoms with Crippen LogP contribution in [0.15, 0.2) is 36.4 Å². The molecule has 1 N–H and O–H groups in total. The molecule has 0 unspecified atom stereocenters. The van der Waals surface area contributed by atoms with Crippen LogP contribution in [0.25, 0.3) is 0 Å². The quantitative estimate of drug-likeness (QED) is 0.377. The van der Waals surface area contributed by atoms with E-state index in [9.17, 15) is 19.7 Å². The van der Waals surface area contributed by atoms with Crippen molar-refractivity contribution in [2.24, 2.45) is 0 Å². The maximum atomic E-state index is 12.2. The number of hydrogen-bond donors (Lipinski definition) is 1. The molecule has 148 valence electrons. The molecule has 0 aliphatic heterocycles. The summed E-state index contributed by atoms with van der Waals surface area (Å²) in [5.41, 5.74) is -0.0432. The Labute approximate surface area is 161 Å². The van der Waals surface area contributed by atoms with Crippen LogP contribution in [-0.2, 0) is 4.79 Å². The van der Waals surface area contributed by atoms with Crippen molar-refractivity contribution in [2.45, 2.75) is 13.3 Å². The summed E-state index contributed by atoms with van der Waals surface area (Å²) in [4.78, 5) is 33.9. The van der Waals surface area contributed by atoms with Crippen molar-refractivity contribution in [3.8, 4) is 17.2 Å². The SMILES string of the molecule is CCCOc1ccc(C=O)c(OCC(=O)Nc2ccc(OC)cc2[N+](=O)[O-])c1. The third kappa shape index (κ3) is 5.44. The fourth-order valence-corrected chi connectivity index (χ4v) is 2.27. The van der Waals surface area contributed by atoms with Crippen molar-refractivity contribution in [1.29, 1.82) is 0 Å². The van der Waals surface area contributed by atoms with Crippen LogP contribution < -0.4 is 19.5 Å². The number of rotatable bonds is 10. The summed E-state index contributed by atoms with van der Waals surface area (Å²) in [6, 6.07) is 8.73. The number of nitro benzene ring substituents is 1. The molecule has 0 bridgehead atoms. The summed E-state index contributed by atoms with van der Waals surface area (Å²) in [7, 11) is 1.38. The van der Waals surface area contributed by atoms with Gasteiger partial charge in [0, 0.05) is 6.07 Å². The van der Waals surface area contributed by atoms with Gasteiger partial charge in [0.1, 0.15) is 22.9 Å². The first-order valence-corrected chi connectivity index (χ1v) is 8.45. The number of ether oxygens (including phenoxy) is 3. The van der Waals surface area contributed by atoms with Gasteiger partial charge in [0.2, 0.25) is 0 Å². The van der Waals surface area contributed by atoms with Gasteiger partial charge in [-0.05, 0) is 30.7 Å². The number of hydrogen-bond acceptors (Lipinski definition) is 7. The fourth-order valence-electron chi connectivity index (χ4n) is 2.27. The molecule has 0 aromatic heterocycles. The smallest absolute Gasteiger partial charge is 0.296 e. The molecule has 0 fully saturated rings. The zero-order chi connectivity index (χ0) is 20.5. The van der Waals surface area contributed by atoms with Crippen molar-refractivity contribution in [1.82, 2.24) is 0 Å². The minimum absolute atomic E-state index is 0.00930. The maximum absolute atomic E-state index is 12.2. The molecule has 9 nitrogen and oxygen atoms in total. The standard InChI is InChI=1S/C19H20N2O7/c1-3-8-27-15-5-4-13(11-22)18(10-15)28-12-19(23)20-16-7-6-14(26-2)9-17(16)21(24)25/h4-7,9-11H,3,8,12H2,1-2H3,(H,20,23). The molecule has 1 amide bonds. The highest BCUT2D eigenvalue weighted by atomic mass is 16.6. The topological polar surface area (TPSA) is 117 Å². The predicted octanol–water partition coefficient (Wildman–Crippen LogP) is 3.22. The van der Waals surface area contributed by atoms with Crippen molar-refractivity contribution in [3.63, 3.8) is 0 Å². The number of methoxy groups -OCH3 is 1. The van der Waals surface area contributed by atoms with Gasteiger partial charge in [0.05, 0.1) is 30.3 Å². The van der Waals surface area contributed by atoms with Crippen molar-refractivity contribution >= 4 is 23.6 Å². The van der Waals surface area contributed by atoms with Gasteiger partial charge in [0.25, 0.3) is 11.6 Å². The van der Waals surface area contributed by atoms with E-state index in [1.807, 2.05) is 6.92 Å². The maximum Gasteiger partial charge on any atom is 0.296 e. The van der Waals surface area contributed by atoms with Crippen molar-refractivity contribution < 1.29 is 28.7 Å². The van der Waals surface area contributed by atoms with Crippen LogP contribution in [0.2, 0.25) is 0 Å². The molecule has 0 spiro atoms. The van der Waals surface area contributed by atoms with E-state index in [0.717, 1.165) is 6.42 Å². The Morgan fingerprint density at radius 1 is 1.18 bits per heavy atom. The Bertz CT molecular complexity index is 867. The number of aldehydes is 1. The molecule has 0 aliphatic carbocycles. The van der Waals surface area contributed by atoms with E-state index in [1.165, 1.54) is 37.4 Å². The average molecular weight is 388 g/mol. The molecule has 0 atom stereocenters. The molecule has 0 aliphatic rings. The highest BCUT2D eigenvalue weighted by Crippen LogP contribution is 2.29. The lowest BCUT2D eigenvalue weighted by Crippen LogP contribution is -2.21. The number of nitro groups is 1. The van der Waals surface area contributed by atoms with Gasteiger partial charge in [0.15, 0.2) is 12.9 Å². The Hall–Kier alpha value is -3.62. The lowest BCUT2D eigenvalue weighted by molar-refractivity contribution is -0.384. The van der Waals surface area contributed by atoms with Crippen molar-refractivity contribution in [2.75, 3.05) is 25.6 Å². The highest BCUT2D eigenvalue weighted by molar-refractivity contribution is 5.94. The number of carbonyl (C=O) groups is 2. The first-order valence-electron chi connectivity index (χ1n) is 8.45. The van der Waals surface area contributed by atoms with E-state index < -0.39 is 17.4 Å². The van der Waals surface area contributed by atoms with Crippen LogP contribution in [0.3, 0.4) is 0 Å². The Kier molecular flexibility index (Phi) is 7.32. The molecular formula is C19H20N2O7. The predicted molar refractivity (Wildman–Crippen MR) is 101 cm³/mol. The molecule has 0 saturated carbocycles. The third-order valence-electron chi connectivity index (χ3n) is 3.62. The van der Waals surface area contributed by atoms with Crippen LogP contribution in [0.1, 0.15) is 23.7 Å². The zero-order valence-electron chi connectivity index (χ0n) is 15.5. The van der Waals surface area contributed by atoms with Crippen LogP contribution in [0.5, 0.6) is 17.2 Å². The molecule has 0 radical (unpaired) electrons. The summed E-state index contributed by atoms with van der Waals surface area (Å²) in [5, 5.41) is 13.6. The van der Waals surface area contributed by atoms with Gasteiger partial charge in [-0.2, -0.15) is 0 Å². The van der Waals surface area contributed by atoms with Gasteiger partial charge >= 0.3 is 0 Å². The zero-order valence-corrected chi connectivity index (χ0v) is 15.5. The van der Waals surface area contributed by atoms with Gasteiger partial charge < -0.3 is 19.5 Å². The molecule has 9 heteroatoms. The second-order valence-electron chi connectivity index (χ2n) is 5.64. The highest BCUT2D eigenvalue weighted by Gasteiger charge is 2.18. The minimum atomic E-state index is -0.627. The number of nitrogens with one attached hydrogen (secondary N) is 1. The van der Waals surface area contributed by atoms with E-state index in [2.05, 4.69) is 5.32 Å². The second-order valence-corrected chi connectivity index (χ2v) is 5.64. The third-order valence-corrected chi connectivity index (χ3v) is 3.62. The average Bonchev–Trinajstić information content (AvgIpc) is 2.70. The van der Waals surface area contributed by atoms with E-state index in [4.69, 9.17) is 14.2 Å². The molecular weight excluding hydrogens is 368 g/mol. The molecule has 28 heavy (non-hydrogen) atoms. The largest absolute Gasteiger partial charge is 0.496 e. The number of amides is 1. The fraction of sp³-hybridized carbons (Fsp3) is 0.263. The molecule has 2 aromatic carbocycles. The van der Waals surface area contributed by atoms with Gasteiger partial charge in [-0.25, -0.2) is 0 Å². The molecule has 0 saturated heterocycles. The van der Waals surface area contributed by atoms with E-state index in [-0.39, 0.29) is 22.7 Å². The van der Waals surface area contributed by atoms with Crippen LogP contribution >= 0.6 is 0 Å². The lowest BCUT2D eigenvalue weighted by Gasteiger charge is -2.12. The Morgan fingerprint density at radius 3 is 2.57 bits per heavy atom. The summed E-state index contributed by atoms with van der Waals surface area (Å²) in [5.74, 6) is 0.363. The molecule has 2 rings (SSSR count). The minimum Gasteiger partial charge on any atom is -0.496 e. The molecule has 0 heterocycles. The summed E-state index contributed by atoms with van der Waals surface area (Å²) >= 11 is 0. The summed E-state index contributed by atoms with van der Waals surface area (Å²) < 4.78 is 15.8. The number of nitrogens with zero attached hydrogens (tertiary/aromatic N) is 1. The summed E-state index contributed by atoms with van der Waals surface area (Å²) in [6.07, 6.45) is 1.42. The van der Waals surface area contributed by atoms with Crippen molar-refractivity contribution in [3.05, 3.63) is 52.1 Å². The number of benzene rings is 2. The monoisotopic (exact) mass is 388 g/mol. The van der Waals surface area contributed by atoms with E-state index in [1.54, 1.807) is 6.07 Å². The normalized spacial score (nSPS) is 10.1. The molecule has 2 aromatic rings. The van der Waals surface area contributed by atoms with Gasteiger partial charge in [-0.15, -0.1) is 0 Å². The number of carbonyl (C=O) groups excluding carboxylic acids is 2. The van der Waals surface area contributed by atoms with Crippen LogP contribution in [-0.4, -0.2) is 37.4 Å². The lowest BCUT2D eigenvalue weighted by atomic mass is 10.2. The van der Waals surface area contributed by atoms with E-state index >= 15 is 0 Å². The van der Waals surface area contributed by atoms with E-state index in [0.29, 0.717) is 24.4 Å². The first kappa shape index (κ1) is 20.7. The number of anilines is 1.